The molecular formula is C3H7B6O. The lowest BCUT2D eigenvalue weighted by atomic mass is 8.85. The van der Waals surface area contributed by atoms with Crippen molar-refractivity contribution in [1.82, 2.24) is 0 Å². The summed E-state index contributed by atoms with van der Waals surface area (Å²) in [4.78, 5) is 0. The van der Waals surface area contributed by atoms with Crippen LogP contribution in [-0.2, 0) is 4.65 Å². The second-order valence-corrected chi connectivity index (χ2v) is 2.11. The van der Waals surface area contributed by atoms with Gasteiger partial charge in [-0.25, -0.2) is 0 Å². The Morgan fingerprint density at radius 1 is 1.50 bits per heavy atom. The Morgan fingerprint density at radius 2 is 2.10 bits per heavy atom. The van der Waals surface area contributed by atoms with Crippen LogP contribution < -0.4 is 0 Å². The first-order valence-corrected chi connectivity index (χ1v) is 3.40. The van der Waals surface area contributed by atoms with E-state index in [-0.39, 0.29) is 6.39 Å². The molecule has 0 N–H and O–H groups in total. The minimum Gasteiger partial charge on any atom is -0.456 e. The Bertz CT molecular complexity index is 79.4. The monoisotopic (exact) mass is 125 g/mol. The summed E-state index contributed by atoms with van der Waals surface area (Å²) < 4.78 is 5.09. The minimum absolute atomic E-state index is 0.369. The van der Waals surface area contributed by atoms with E-state index in [1.165, 1.54) is 7.06 Å². The fraction of sp³-hybridized carbons (Fsp3) is 1.00. The average Bonchev–Trinajstić information content (AvgIpc) is 1.98. The highest BCUT2D eigenvalue weighted by atomic mass is 16.4. The fourth-order valence-corrected chi connectivity index (χ4v) is 0.475. The molecule has 1 nitrogen and oxygen atoms in total. The van der Waals surface area contributed by atoms with Crippen LogP contribution in [0.5, 0.6) is 0 Å². The van der Waals surface area contributed by atoms with Crippen molar-refractivity contribution in [3.63, 3.8) is 0 Å². The van der Waals surface area contributed by atoms with E-state index in [2.05, 4.69) is 0 Å². The van der Waals surface area contributed by atoms with Gasteiger partial charge in [0.05, 0.1) is 7.74 Å². The average molecular weight is 124 g/mol. The summed E-state index contributed by atoms with van der Waals surface area (Å²) in [6, 6.07) is 0. The predicted octanol–water partition coefficient (Wildman–Crippen LogP) is -1.41. The largest absolute Gasteiger partial charge is 0.456 e. The molecule has 0 atom stereocenters. The van der Waals surface area contributed by atoms with Crippen LogP contribution >= 0.6 is 0 Å². The summed E-state index contributed by atoms with van der Waals surface area (Å²) in [5.41, 5.74) is 0. The molecule has 0 rings (SSSR count). The Balaban J connectivity index is 3.31. The third-order valence-electron chi connectivity index (χ3n) is 1.12. The zero-order chi connectivity index (χ0) is 7.98. The lowest BCUT2D eigenvalue weighted by molar-refractivity contribution is 0.339. The van der Waals surface area contributed by atoms with Crippen LogP contribution in [0.1, 0.15) is 13.3 Å². The summed E-state index contributed by atoms with van der Waals surface area (Å²) in [6.07, 6.45) is 0.567. The Labute approximate surface area is 68.6 Å². The molecule has 0 spiro atoms. The maximum Gasteiger partial charge on any atom is 0.186 e. The number of hydrogen-bond donors (Lipinski definition) is 0. The Morgan fingerprint density at radius 3 is 2.50 bits per heavy atom. The molecule has 0 bridgehead atoms. The van der Waals surface area contributed by atoms with E-state index < -0.39 is 6.70 Å². The number of hydrogen-bond acceptors (Lipinski definition) is 1. The molecular weight excluding hydrogens is 117 g/mol. The zero-order valence-electron chi connectivity index (χ0n) is 6.29. The van der Waals surface area contributed by atoms with Gasteiger partial charge >= 0.3 is 0 Å². The van der Waals surface area contributed by atoms with Gasteiger partial charge in [-0.3, -0.25) is 0 Å². The molecule has 0 aliphatic heterocycles. The van der Waals surface area contributed by atoms with Crippen molar-refractivity contribution in [2.24, 2.45) is 0 Å². The quantitative estimate of drug-likeness (QED) is 0.409. The van der Waals surface area contributed by atoms with E-state index in [0.29, 0.717) is 6.61 Å². The molecule has 7 heteroatoms. The van der Waals surface area contributed by atoms with Gasteiger partial charge in [0.15, 0.2) is 6.70 Å². The van der Waals surface area contributed by atoms with Gasteiger partial charge in [0.1, 0.15) is 0 Å². The van der Waals surface area contributed by atoms with Crippen LogP contribution in [0.15, 0.2) is 0 Å². The molecule has 0 saturated carbocycles. The van der Waals surface area contributed by atoms with E-state index in [9.17, 15) is 0 Å². The smallest absolute Gasteiger partial charge is 0.186 e. The lowest BCUT2D eigenvalue weighted by Gasteiger charge is -2.14. The molecule has 0 fully saturated rings. The first-order valence-electron chi connectivity index (χ1n) is 3.40. The summed E-state index contributed by atoms with van der Waals surface area (Å²) in [7, 11) is 17.4. The molecule has 10 heavy (non-hydrogen) atoms. The van der Waals surface area contributed by atoms with Crippen LogP contribution in [0.2, 0.25) is 0 Å². The van der Waals surface area contributed by atoms with Crippen molar-refractivity contribution in [3.05, 3.63) is 0 Å². The van der Waals surface area contributed by atoms with E-state index in [4.69, 9.17) is 27.9 Å². The molecule has 43 valence electrons. The van der Waals surface area contributed by atoms with Crippen molar-refractivity contribution in [2.45, 2.75) is 13.3 Å². The first kappa shape index (κ1) is 10.3. The van der Waals surface area contributed by atoms with Crippen LogP contribution in [0.4, 0.5) is 0 Å². The minimum atomic E-state index is -0.468. The third kappa shape index (κ3) is 4.21. The molecule has 0 aliphatic carbocycles. The lowest BCUT2D eigenvalue weighted by Crippen LogP contribution is -2.45. The van der Waals surface area contributed by atoms with E-state index in [1.54, 1.807) is 0 Å². The van der Waals surface area contributed by atoms with Gasteiger partial charge in [0.25, 0.3) is 0 Å². The second kappa shape index (κ2) is 6.09. The van der Waals surface area contributed by atoms with Crippen LogP contribution in [0.25, 0.3) is 0 Å². The van der Waals surface area contributed by atoms with E-state index >= 15 is 0 Å². The van der Waals surface area contributed by atoms with Gasteiger partial charge in [0.2, 0.25) is 0 Å². The van der Waals surface area contributed by atoms with Crippen molar-refractivity contribution in [3.8, 4) is 0 Å². The van der Waals surface area contributed by atoms with Gasteiger partial charge in [-0.05, 0) is 6.42 Å². The Hall–Kier alpha value is 0.350. The molecule has 0 aliphatic rings. The van der Waals surface area contributed by atoms with Crippen molar-refractivity contribution < 1.29 is 4.65 Å². The third-order valence-corrected chi connectivity index (χ3v) is 1.12. The summed E-state index contributed by atoms with van der Waals surface area (Å²) in [5.74, 6) is 0. The SMILES string of the molecule is [B][B]B([B])B([B])OCCC. The maximum atomic E-state index is 5.46. The van der Waals surface area contributed by atoms with Gasteiger partial charge in [-0.2, -0.15) is 0 Å². The summed E-state index contributed by atoms with van der Waals surface area (Å²) >= 11 is 0. The van der Waals surface area contributed by atoms with Crippen LogP contribution in [0, 0.1) is 0 Å². The Kier molecular flexibility index (Phi) is 6.30. The van der Waals surface area contributed by atoms with Gasteiger partial charge < -0.3 is 4.65 Å². The number of rotatable bonds is 5. The fourth-order valence-electron chi connectivity index (χ4n) is 0.475. The van der Waals surface area contributed by atoms with Gasteiger partial charge in [0, 0.05) is 35.5 Å². The highest BCUT2D eigenvalue weighted by molar-refractivity contribution is 7.72. The molecule has 7 radical (unpaired) electrons. The van der Waals surface area contributed by atoms with E-state index in [0.717, 1.165) is 6.42 Å². The second-order valence-electron chi connectivity index (χ2n) is 2.11. The van der Waals surface area contributed by atoms with Crippen LogP contribution in [-0.4, -0.2) is 50.0 Å². The molecule has 0 amide bonds. The summed E-state index contributed by atoms with van der Waals surface area (Å²) in [6.45, 7) is 2.16. The van der Waals surface area contributed by atoms with E-state index in [1.807, 2.05) is 6.92 Å². The predicted molar refractivity (Wildman–Crippen MR) is 50.8 cm³/mol. The first-order chi connectivity index (χ1) is 4.72. The van der Waals surface area contributed by atoms with Crippen molar-refractivity contribution in [2.75, 3.05) is 6.61 Å². The highest BCUT2D eigenvalue weighted by Crippen LogP contribution is 1.85. The van der Waals surface area contributed by atoms with Gasteiger partial charge in [-0.15, -0.1) is 0 Å². The topological polar surface area (TPSA) is 9.23 Å². The summed E-state index contributed by atoms with van der Waals surface area (Å²) in [5, 5.41) is 0. The zero-order valence-corrected chi connectivity index (χ0v) is 6.29. The van der Waals surface area contributed by atoms with Gasteiger partial charge in [-0.1, -0.05) is 6.92 Å². The van der Waals surface area contributed by atoms with Crippen molar-refractivity contribution in [1.29, 1.82) is 0 Å². The molecule has 0 aromatic rings. The normalized spacial score (nSPS) is 8.90. The molecule has 0 saturated heterocycles. The maximum absolute atomic E-state index is 5.46. The van der Waals surface area contributed by atoms with Crippen LogP contribution in [0.3, 0.4) is 0 Å². The highest BCUT2D eigenvalue weighted by Gasteiger charge is 2.15. The molecule has 0 aromatic carbocycles. The van der Waals surface area contributed by atoms with Crippen molar-refractivity contribution >= 4 is 43.4 Å². The molecule has 0 unspecified atom stereocenters. The molecule has 0 heterocycles. The molecule has 0 aromatic heterocycles. The standard InChI is InChI=1S/C3H7B6O/c1-2-3-10-9(6)8(5)7-4/h2-3H2,1H3.